The number of carbonyl (C=O) groups excluding carboxylic acids is 1. The van der Waals surface area contributed by atoms with Gasteiger partial charge in [0.2, 0.25) is 0 Å². The molecule has 1 aliphatic rings. The summed E-state index contributed by atoms with van der Waals surface area (Å²) in [6.45, 7) is 3.73. The smallest absolute Gasteiger partial charge is 0.313 e. The van der Waals surface area contributed by atoms with Gasteiger partial charge in [0.25, 0.3) is 0 Å². The first kappa shape index (κ1) is 15.5. The van der Waals surface area contributed by atoms with Crippen molar-refractivity contribution in [3.8, 4) is 0 Å². The fourth-order valence-corrected chi connectivity index (χ4v) is 2.45. The summed E-state index contributed by atoms with van der Waals surface area (Å²) in [5, 5.41) is 1.76. The summed E-state index contributed by atoms with van der Waals surface area (Å²) in [7, 11) is 0. The summed E-state index contributed by atoms with van der Waals surface area (Å²) in [5.74, 6) is 0. The van der Waals surface area contributed by atoms with E-state index in [0.29, 0.717) is 12.5 Å². The van der Waals surface area contributed by atoms with Gasteiger partial charge in [0.1, 0.15) is 0 Å². The van der Waals surface area contributed by atoms with E-state index in [9.17, 15) is 4.79 Å². The number of hydrogen-bond donors (Lipinski definition) is 0. The van der Waals surface area contributed by atoms with E-state index in [2.05, 4.69) is 6.92 Å². The first-order valence-electron chi connectivity index (χ1n) is 7.75. The van der Waals surface area contributed by atoms with Gasteiger partial charge in [-0.25, -0.2) is 0 Å². The maximum Gasteiger partial charge on any atom is 0.313 e. The highest BCUT2D eigenvalue weighted by molar-refractivity contribution is 5.36. The maximum atomic E-state index is 10.1. The molecular formula is C15H29NO2. The summed E-state index contributed by atoms with van der Waals surface area (Å²) in [5.41, 5.74) is 0. The average molecular weight is 255 g/mol. The van der Waals surface area contributed by atoms with E-state index in [-0.39, 0.29) is 0 Å². The van der Waals surface area contributed by atoms with Crippen molar-refractivity contribution in [2.24, 2.45) is 0 Å². The highest BCUT2D eigenvalue weighted by Gasteiger charge is 2.35. The molecule has 0 radical (unpaired) electrons. The molecule has 3 nitrogen and oxygen atoms in total. The van der Waals surface area contributed by atoms with Crippen LogP contribution >= 0.6 is 0 Å². The Bertz CT molecular complexity index is 209. The summed E-state index contributed by atoms with van der Waals surface area (Å²) in [4.78, 5) is 14.8. The molecule has 1 rings (SSSR count). The van der Waals surface area contributed by atoms with Crippen molar-refractivity contribution in [3.63, 3.8) is 0 Å². The van der Waals surface area contributed by atoms with Crippen LogP contribution in [0.1, 0.15) is 77.6 Å². The molecule has 0 N–H and O–H groups in total. The molecule has 1 fully saturated rings. The largest absolute Gasteiger partial charge is 0.370 e. The van der Waals surface area contributed by atoms with Crippen molar-refractivity contribution < 1.29 is 9.63 Å². The Labute approximate surface area is 112 Å². The summed E-state index contributed by atoms with van der Waals surface area (Å²) in [6, 6.07) is 0.518. The van der Waals surface area contributed by atoms with E-state index >= 15 is 0 Å². The van der Waals surface area contributed by atoms with E-state index in [4.69, 9.17) is 4.84 Å². The topological polar surface area (TPSA) is 29.3 Å². The Morgan fingerprint density at radius 1 is 1.00 bits per heavy atom. The van der Waals surface area contributed by atoms with Crippen molar-refractivity contribution in [3.05, 3.63) is 0 Å². The predicted octanol–water partition coefficient (Wildman–Crippen LogP) is 4.07. The third kappa shape index (κ3) is 7.70. The Balaban J connectivity index is 1.70. The van der Waals surface area contributed by atoms with Gasteiger partial charge in [0.15, 0.2) is 0 Å². The predicted molar refractivity (Wildman–Crippen MR) is 74.1 cm³/mol. The minimum absolute atomic E-state index is 0.518. The highest BCUT2D eigenvalue weighted by atomic mass is 16.7. The summed E-state index contributed by atoms with van der Waals surface area (Å²) >= 11 is 0. The van der Waals surface area contributed by atoms with Crippen LogP contribution in [0.15, 0.2) is 0 Å². The number of hydroxylamine groups is 2. The zero-order valence-corrected chi connectivity index (χ0v) is 11.9. The van der Waals surface area contributed by atoms with E-state index in [1.807, 2.05) is 0 Å². The summed E-state index contributed by atoms with van der Waals surface area (Å²) < 4.78 is 0. The lowest BCUT2D eigenvalue weighted by atomic mass is 10.1. The van der Waals surface area contributed by atoms with Crippen LogP contribution in [-0.4, -0.2) is 24.1 Å². The highest BCUT2D eigenvalue weighted by Crippen LogP contribution is 2.23. The molecule has 2 unspecified atom stereocenters. The minimum Gasteiger partial charge on any atom is -0.370 e. The third-order valence-corrected chi connectivity index (χ3v) is 3.73. The molecule has 0 bridgehead atoms. The van der Waals surface area contributed by atoms with Crippen molar-refractivity contribution >= 4 is 6.47 Å². The molecule has 3 heteroatoms. The molecule has 0 aromatic carbocycles. The van der Waals surface area contributed by atoms with E-state index in [1.54, 1.807) is 5.06 Å². The van der Waals surface area contributed by atoms with Gasteiger partial charge in [-0.15, -0.1) is 5.06 Å². The number of nitrogens with zero attached hydrogens (tertiary/aromatic N) is 1. The van der Waals surface area contributed by atoms with Crippen LogP contribution in [-0.2, 0) is 9.63 Å². The molecule has 0 spiro atoms. The second kappa shape index (κ2) is 10.4. The number of unbranched alkanes of at least 4 members (excludes halogenated alkanes) is 9. The van der Waals surface area contributed by atoms with Gasteiger partial charge in [0.05, 0.1) is 12.6 Å². The standard InChI is InChI=1S/C15H29NO2/c1-2-3-4-5-6-7-8-9-10-11-12-15-13-16(15)18-14-17/h14-15H,2-13H2,1H3. The number of rotatable bonds is 13. The molecule has 2 atom stereocenters. The van der Waals surface area contributed by atoms with Gasteiger partial charge < -0.3 is 4.84 Å². The molecule has 0 aliphatic carbocycles. The van der Waals surface area contributed by atoms with Crippen LogP contribution in [0.3, 0.4) is 0 Å². The SMILES string of the molecule is CCCCCCCCCCCCC1CN1OC=O. The normalized spacial score (nSPS) is 21.8. The lowest BCUT2D eigenvalue weighted by Crippen LogP contribution is -2.01. The van der Waals surface area contributed by atoms with Crippen molar-refractivity contribution in [2.75, 3.05) is 6.54 Å². The molecule has 0 saturated carbocycles. The monoisotopic (exact) mass is 255 g/mol. The molecule has 106 valence electrons. The van der Waals surface area contributed by atoms with Crippen LogP contribution in [0.5, 0.6) is 0 Å². The number of carbonyl (C=O) groups is 1. The Morgan fingerprint density at radius 3 is 2.11 bits per heavy atom. The van der Waals surface area contributed by atoms with Gasteiger partial charge >= 0.3 is 6.47 Å². The second-order valence-corrected chi connectivity index (χ2v) is 5.43. The van der Waals surface area contributed by atoms with Crippen LogP contribution in [0.2, 0.25) is 0 Å². The molecule has 0 amide bonds. The van der Waals surface area contributed by atoms with Crippen molar-refractivity contribution in [1.82, 2.24) is 5.06 Å². The molecular weight excluding hydrogens is 226 g/mol. The first-order chi connectivity index (χ1) is 8.88. The lowest BCUT2D eigenvalue weighted by molar-refractivity contribution is -0.151. The van der Waals surface area contributed by atoms with Gasteiger partial charge in [-0.1, -0.05) is 71.1 Å². The lowest BCUT2D eigenvalue weighted by Gasteiger charge is -2.02. The Morgan fingerprint density at radius 2 is 1.56 bits per heavy atom. The van der Waals surface area contributed by atoms with Gasteiger partial charge in [-0.05, 0) is 6.42 Å². The van der Waals surface area contributed by atoms with Crippen LogP contribution in [0.4, 0.5) is 0 Å². The van der Waals surface area contributed by atoms with Crippen LogP contribution in [0, 0.1) is 0 Å². The minimum atomic E-state index is 0.518. The van der Waals surface area contributed by atoms with Gasteiger partial charge in [0, 0.05) is 0 Å². The second-order valence-electron chi connectivity index (χ2n) is 5.43. The third-order valence-electron chi connectivity index (χ3n) is 3.73. The Hall–Kier alpha value is -0.570. The summed E-state index contributed by atoms with van der Waals surface area (Å²) in [6.07, 6.45) is 15.0. The molecule has 0 aromatic heterocycles. The number of hydrogen-bond acceptors (Lipinski definition) is 3. The molecule has 0 aromatic rings. The van der Waals surface area contributed by atoms with Gasteiger partial charge in [-0.3, -0.25) is 4.79 Å². The molecule has 18 heavy (non-hydrogen) atoms. The van der Waals surface area contributed by atoms with Crippen molar-refractivity contribution in [2.45, 2.75) is 83.6 Å². The quantitative estimate of drug-likeness (QED) is 0.282. The fraction of sp³-hybridized carbons (Fsp3) is 0.933. The first-order valence-corrected chi connectivity index (χ1v) is 7.75. The van der Waals surface area contributed by atoms with Crippen LogP contribution < -0.4 is 0 Å². The molecule has 1 aliphatic heterocycles. The Kier molecular flexibility index (Phi) is 8.92. The van der Waals surface area contributed by atoms with Gasteiger partial charge in [-0.2, -0.15) is 0 Å². The zero-order chi connectivity index (χ0) is 13.1. The van der Waals surface area contributed by atoms with Crippen LogP contribution in [0.25, 0.3) is 0 Å². The van der Waals surface area contributed by atoms with E-state index < -0.39 is 0 Å². The fourth-order valence-electron chi connectivity index (χ4n) is 2.45. The molecule has 1 saturated heterocycles. The van der Waals surface area contributed by atoms with E-state index in [0.717, 1.165) is 6.54 Å². The average Bonchev–Trinajstić information content (AvgIpc) is 3.11. The zero-order valence-electron chi connectivity index (χ0n) is 11.9. The van der Waals surface area contributed by atoms with E-state index in [1.165, 1.54) is 70.6 Å². The molecule has 1 heterocycles. The van der Waals surface area contributed by atoms with Crippen molar-refractivity contribution in [1.29, 1.82) is 0 Å². The maximum absolute atomic E-state index is 10.1.